The summed E-state index contributed by atoms with van der Waals surface area (Å²) in [6.07, 6.45) is 1.78. The van der Waals surface area contributed by atoms with Gasteiger partial charge in [-0.3, -0.25) is 5.01 Å². The molecule has 0 fully saturated rings. The molecule has 0 radical (unpaired) electrons. The number of nitrogens with zero attached hydrogens (tertiary/aromatic N) is 2. The van der Waals surface area contributed by atoms with Gasteiger partial charge in [0, 0.05) is 11.6 Å². The zero-order valence-corrected chi connectivity index (χ0v) is 7.88. The normalized spacial score (nSPS) is 14.4. The van der Waals surface area contributed by atoms with Crippen molar-refractivity contribution in [1.82, 2.24) is 4.83 Å². The predicted molar refractivity (Wildman–Crippen MR) is 53.5 cm³/mol. The Bertz CT molecular complexity index is 425. The van der Waals surface area contributed by atoms with Crippen LogP contribution in [0.3, 0.4) is 0 Å². The summed E-state index contributed by atoms with van der Waals surface area (Å²) in [7, 11) is 0. The lowest BCUT2D eigenvalue weighted by molar-refractivity contribution is 0.627. The highest BCUT2D eigenvalue weighted by molar-refractivity contribution is 8.00. The van der Waals surface area contributed by atoms with Crippen molar-refractivity contribution in [3.8, 4) is 6.07 Å². The van der Waals surface area contributed by atoms with Crippen LogP contribution in [0.15, 0.2) is 29.8 Å². The zero-order chi connectivity index (χ0) is 9.97. The minimum absolute atomic E-state index is 0.310. The van der Waals surface area contributed by atoms with Gasteiger partial charge in [0.25, 0.3) is 0 Å². The second kappa shape index (κ2) is 3.70. The van der Waals surface area contributed by atoms with E-state index in [0.29, 0.717) is 11.3 Å². The number of halogens is 1. The fourth-order valence-corrected chi connectivity index (χ4v) is 1.66. The van der Waals surface area contributed by atoms with Gasteiger partial charge in [-0.1, -0.05) is 0 Å². The Balaban J connectivity index is 2.42. The minimum atomic E-state index is -0.402. The van der Waals surface area contributed by atoms with Crippen LogP contribution in [0.5, 0.6) is 0 Å². The molecule has 1 aromatic rings. The number of nitriles is 1. The first-order chi connectivity index (χ1) is 6.81. The van der Waals surface area contributed by atoms with Crippen molar-refractivity contribution in [1.29, 1.82) is 5.26 Å². The minimum Gasteiger partial charge on any atom is -0.272 e. The fraction of sp³-hybridized carbons (Fsp3) is 0. The van der Waals surface area contributed by atoms with E-state index < -0.39 is 5.82 Å². The summed E-state index contributed by atoms with van der Waals surface area (Å²) in [6, 6.07) is 6.06. The third-order valence-corrected chi connectivity index (χ3v) is 2.33. The molecule has 2 rings (SSSR count). The second-order valence-corrected chi connectivity index (χ2v) is 3.33. The SMILES string of the molecule is N#Cc1cc(F)ccc1N1C=CSN1. The molecule has 70 valence electrons. The Labute approximate surface area is 84.9 Å². The number of hydrogen-bond donors (Lipinski definition) is 1. The number of hydrazine groups is 1. The lowest BCUT2D eigenvalue weighted by atomic mass is 10.2. The Morgan fingerprint density at radius 1 is 1.50 bits per heavy atom. The monoisotopic (exact) mass is 207 g/mol. The zero-order valence-electron chi connectivity index (χ0n) is 7.07. The van der Waals surface area contributed by atoms with Crippen molar-refractivity contribution in [3.05, 3.63) is 41.2 Å². The molecule has 0 aromatic heterocycles. The molecular weight excluding hydrogens is 201 g/mol. The largest absolute Gasteiger partial charge is 0.272 e. The molecule has 0 saturated carbocycles. The fourth-order valence-electron chi connectivity index (χ4n) is 1.15. The van der Waals surface area contributed by atoms with E-state index in [9.17, 15) is 4.39 Å². The van der Waals surface area contributed by atoms with Gasteiger partial charge >= 0.3 is 0 Å². The molecule has 0 bridgehead atoms. The molecular formula is C9H6FN3S. The molecule has 5 heteroatoms. The van der Waals surface area contributed by atoms with Crippen molar-refractivity contribution in [3.63, 3.8) is 0 Å². The summed E-state index contributed by atoms with van der Waals surface area (Å²) in [6.45, 7) is 0. The molecule has 0 atom stereocenters. The van der Waals surface area contributed by atoms with Gasteiger partial charge in [-0.15, -0.1) is 0 Å². The van der Waals surface area contributed by atoms with Crippen LogP contribution in [-0.2, 0) is 0 Å². The highest BCUT2D eigenvalue weighted by atomic mass is 32.2. The topological polar surface area (TPSA) is 39.1 Å². The maximum absolute atomic E-state index is 12.8. The van der Waals surface area contributed by atoms with Gasteiger partial charge < -0.3 is 0 Å². The van der Waals surface area contributed by atoms with Crippen molar-refractivity contribution >= 4 is 17.6 Å². The standard InChI is InChI=1S/C9H6FN3S/c10-8-1-2-9(7(5-8)6-11)13-3-4-14-12-13/h1-5,12H. The van der Waals surface area contributed by atoms with E-state index in [0.717, 1.165) is 0 Å². The molecule has 0 amide bonds. The Morgan fingerprint density at radius 2 is 2.36 bits per heavy atom. The third kappa shape index (κ3) is 1.58. The highest BCUT2D eigenvalue weighted by Gasteiger charge is 2.12. The first-order valence-corrected chi connectivity index (χ1v) is 4.76. The van der Waals surface area contributed by atoms with Crippen LogP contribution in [0.1, 0.15) is 5.56 Å². The van der Waals surface area contributed by atoms with E-state index >= 15 is 0 Å². The van der Waals surface area contributed by atoms with E-state index in [1.54, 1.807) is 17.3 Å². The van der Waals surface area contributed by atoms with Gasteiger partial charge in [0.05, 0.1) is 11.3 Å². The van der Waals surface area contributed by atoms with E-state index in [1.807, 2.05) is 11.5 Å². The highest BCUT2D eigenvalue weighted by Crippen LogP contribution is 2.24. The Hall–Kier alpha value is -1.51. The van der Waals surface area contributed by atoms with Crippen molar-refractivity contribution in [2.24, 2.45) is 0 Å². The molecule has 0 spiro atoms. The van der Waals surface area contributed by atoms with Gasteiger partial charge in [0.2, 0.25) is 0 Å². The lowest BCUT2D eigenvalue weighted by Gasteiger charge is -2.15. The maximum Gasteiger partial charge on any atom is 0.124 e. The average Bonchev–Trinajstić information content (AvgIpc) is 2.70. The number of anilines is 1. The van der Waals surface area contributed by atoms with Crippen molar-refractivity contribution in [2.75, 3.05) is 5.01 Å². The number of nitrogens with one attached hydrogen (secondary N) is 1. The van der Waals surface area contributed by atoms with Crippen LogP contribution in [0.25, 0.3) is 0 Å². The molecule has 0 unspecified atom stereocenters. The van der Waals surface area contributed by atoms with Gasteiger partial charge in [-0.05, 0) is 30.1 Å². The molecule has 0 aliphatic carbocycles. The molecule has 1 aliphatic heterocycles. The van der Waals surface area contributed by atoms with Crippen LogP contribution in [0.2, 0.25) is 0 Å². The average molecular weight is 207 g/mol. The predicted octanol–water partition coefficient (Wildman–Crippen LogP) is 2.14. The van der Waals surface area contributed by atoms with E-state index in [1.165, 1.54) is 24.1 Å². The Morgan fingerprint density at radius 3 is 3.00 bits per heavy atom. The smallest absolute Gasteiger partial charge is 0.124 e. The third-order valence-electron chi connectivity index (χ3n) is 1.77. The van der Waals surface area contributed by atoms with Gasteiger partial charge in [0.1, 0.15) is 11.9 Å². The van der Waals surface area contributed by atoms with E-state index in [-0.39, 0.29) is 0 Å². The van der Waals surface area contributed by atoms with Crippen molar-refractivity contribution in [2.45, 2.75) is 0 Å². The lowest BCUT2D eigenvalue weighted by Crippen LogP contribution is -2.23. The van der Waals surface area contributed by atoms with Gasteiger partial charge in [0.15, 0.2) is 0 Å². The molecule has 1 N–H and O–H groups in total. The molecule has 1 aliphatic rings. The van der Waals surface area contributed by atoms with Gasteiger partial charge in [-0.2, -0.15) is 10.1 Å². The summed E-state index contributed by atoms with van der Waals surface area (Å²) >= 11 is 1.39. The van der Waals surface area contributed by atoms with Crippen LogP contribution in [-0.4, -0.2) is 0 Å². The van der Waals surface area contributed by atoms with Crippen LogP contribution in [0, 0.1) is 17.1 Å². The summed E-state index contributed by atoms with van der Waals surface area (Å²) in [5.41, 5.74) is 0.958. The molecule has 1 aromatic carbocycles. The molecule has 14 heavy (non-hydrogen) atoms. The summed E-state index contributed by atoms with van der Waals surface area (Å²) < 4.78 is 12.8. The first kappa shape index (κ1) is 9.06. The molecule has 0 saturated heterocycles. The molecule has 3 nitrogen and oxygen atoms in total. The van der Waals surface area contributed by atoms with E-state index in [4.69, 9.17) is 5.26 Å². The number of benzene rings is 1. The van der Waals surface area contributed by atoms with Crippen LogP contribution < -0.4 is 9.84 Å². The number of hydrogen-bond acceptors (Lipinski definition) is 4. The summed E-state index contributed by atoms with van der Waals surface area (Å²) in [5.74, 6) is -0.402. The summed E-state index contributed by atoms with van der Waals surface area (Å²) in [5, 5.41) is 12.3. The molecule has 1 heterocycles. The van der Waals surface area contributed by atoms with E-state index in [2.05, 4.69) is 4.83 Å². The van der Waals surface area contributed by atoms with Crippen LogP contribution >= 0.6 is 11.9 Å². The summed E-state index contributed by atoms with van der Waals surface area (Å²) in [4.78, 5) is 2.93. The maximum atomic E-state index is 12.8. The Kier molecular flexibility index (Phi) is 2.39. The quantitative estimate of drug-likeness (QED) is 0.716. The second-order valence-electron chi connectivity index (χ2n) is 2.64. The van der Waals surface area contributed by atoms with Gasteiger partial charge in [-0.25, -0.2) is 4.39 Å². The first-order valence-electron chi connectivity index (χ1n) is 3.88. The number of rotatable bonds is 1. The van der Waals surface area contributed by atoms with Crippen molar-refractivity contribution < 1.29 is 4.39 Å². The van der Waals surface area contributed by atoms with Crippen LogP contribution in [0.4, 0.5) is 10.1 Å².